The number of hydrogen-bond donors (Lipinski definition) is 0. The Hall–Kier alpha value is -3.53. The van der Waals surface area contributed by atoms with Crippen molar-refractivity contribution >= 4 is 17.3 Å². The van der Waals surface area contributed by atoms with Crippen LogP contribution >= 0.6 is 11.3 Å². The third-order valence-corrected chi connectivity index (χ3v) is 5.34. The summed E-state index contributed by atoms with van der Waals surface area (Å²) in [5, 5.41) is 13.8. The lowest BCUT2D eigenvalue weighted by Crippen LogP contribution is -2.17. The summed E-state index contributed by atoms with van der Waals surface area (Å²) in [6, 6.07) is 9.51. The smallest absolute Gasteiger partial charge is 0.308 e. The number of nitrogens with zero attached hydrogens (tertiary/aromatic N) is 4. The van der Waals surface area contributed by atoms with E-state index in [4.69, 9.17) is 13.7 Å². The van der Waals surface area contributed by atoms with Gasteiger partial charge in [-0.2, -0.15) is 0 Å². The molecule has 0 spiro atoms. The number of aryl methyl sites for hydroxylation is 2. The first-order chi connectivity index (χ1) is 14.5. The molecule has 0 amide bonds. The zero-order chi connectivity index (χ0) is 21.1. The van der Waals surface area contributed by atoms with E-state index in [9.17, 15) is 9.59 Å². The predicted molar refractivity (Wildman–Crippen MR) is 108 cm³/mol. The van der Waals surface area contributed by atoms with Crippen molar-refractivity contribution in [1.29, 1.82) is 0 Å². The average molecular weight is 426 g/mol. The highest BCUT2D eigenvalue weighted by Crippen LogP contribution is 2.33. The molecule has 4 rings (SSSR count). The van der Waals surface area contributed by atoms with Gasteiger partial charge in [-0.1, -0.05) is 46.8 Å². The maximum atomic E-state index is 12.0. The Morgan fingerprint density at radius 3 is 2.73 bits per heavy atom. The van der Waals surface area contributed by atoms with Crippen molar-refractivity contribution in [3.05, 3.63) is 62.7 Å². The summed E-state index contributed by atoms with van der Waals surface area (Å²) in [6.07, 6.45) is 0.0708. The third-order valence-electron chi connectivity index (χ3n) is 4.46. The SMILES string of the molecule is Cc1onc(-c2ccccc2)c1-c1nnc(COC(=O)CCn2c(C)csc2=O)o1. The Kier molecular flexibility index (Phi) is 5.57. The van der Waals surface area contributed by atoms with Gasteiger partial charge in [0.05, 0.1) is 6.42 Å². The van der Waals surface area contributed by atoms with Gasteiger partial charge in [0.2, 0.25) is 0 Å². The van der Waals surface area contributed by atoms with E-state index in [1.54, 1.807) is 12.3 Å². The molecule has 1 aromatic carbocycles. The molecule has 3 aromatic heterocycles. The summed E-state index contributed by atoms with van der Waals surface area (Å²) in [5.41, 5.74) is 2.86. The Balaban J connectivity index is 1.41. The minimum Gasteiger partial charge on any atom is -0.456 e. The van der Waals surface area contributed by atoms with Crippen LogP contribution in [0.25, 0.3) is 22.7 Å². The van der Waals surface area contributed by atoms with Crippen molar-refractivity contribution in [3.63, 3.8) is 0 Å². The number of carbonyl (C=O) groups excluding carboxylic acids is 1. The van der Waals surface area contributed by atoms with Crippen LogP contribution in [0.2, 0.25) is 0 Å². The van der Waals surface area contributed by atoms with E-state index in [0.717, 1.165) is 22.6 Å². The van der Waals surface area contributed by atoms with Crippen LogP contribution in [-0.2, 0) is 22.7 Å². The van der Waals surface area contributed by atoms with Gasteiger partial charge in [0, 0.05) is 23.2 Å². The maximum Gasteiger partial charge on any atom is 0.308 e. The van der Waals surface area contributed by atoms with E-state index in [1.165, 1.54) is 4.57 Å². The number of hydrogen-bond acceptors (Lipinski definition) is 9. The molecule has 0 aliphatic carbocycles. The molecule has 0 aliphatic rings. The minimum absolute atomic E-state index is 0.0708. The summed E-state index contributed by atoms with van der Waals surface area (Å²) in [4.78, 5) is 23.6. The summed E-state index contributed by atoms with van der Waals surface area (Å²) >= 11 is 1.10. The van der Waals surface area contributed by atoms with E-state index in [2.05, 4.69) is 15.4 Å². The number of aromatic nitrogens is 4. The molecule has 0 saturated heterocycles. The van der Waals surface area contributed by atoms with E-state index >= 15 is 0 Å². The summed E-state index contributed by atoms with van der Waals surface area (Å²) in [7, 11) is 0. The first kappa shape index (κ1) is 19.8. The Bertz CT molecular complexity index is 1220. The van der Waals surface area contributed by atoms with Gasteiger partial charge >= 0.3 is 10.8 Å². The molecular formula is C20H18N4O5S. The van der Waals surface area contributed by atoms with Crippen LogP contribution in [0.15, 0.2) is 49.4 Å². The zero-order valence-electron chi connectivity index (χ0n) is 16.3. The summed E-state index contributed by atoms with van der Waals surface area (Å²) < 4.78 is 17.7. The largest absolute Gasteiger partial charge is 0.456 e. The summed E-state index contributed by atoms with van der Waals surface area (Å²) in [5.74, 6) is 0.469. The molecule has 0 N–H and O–H groups in total. The van der Waals surface area contributed by atoms with Gasteiger partial charge in [-0.15, -0.1) is 10.2 Å². The molecule has 10 heteroatoms. The lowest BCUT2D eigenvalue weighted by atomic mass is 10.1. The van der Waals surface area contributed by atoms with Gasteiger partial charge < -0.3 is 18.2 Å². The van der Waals surface area contributed by atoms with Crippen LogP contribution in [0, 0.1) is 13.8 Å². The van der Waals surface area contributed by atoms with Crippen molar-refractivity contribution in [2.45, 2.75) is 33.4 Å². The Morgan fingerprint density at radius 1 is 1.20 bits per heavy atom. The van der Waals surface area contributed by atoms with Gasteiger partial charge in [-0.05, 0) is 13.8 Å². The predicted octanol–water partition coefficient (Wildman–Crippen LogP) is 3.37. The first-order valence-corrected chi connectivity index (χ1v) is 10.1. The van der Waals surface area contributed by atoms with Crippen molar-refractivity contribution < 1.29 is 18.5 Å². The van der Waals surface area contributed by atoms with Crippen LogP contribution in [0.4, 0.5) is 0 Å². The van der Waals surface area contributed by atoms with Crippen LogP contribution < -0.4 is 4.87 Å². The van der Waals surface area contributed by atoms with Gasteiger partial charge in [-0.25, -0.2) is 0 Å². The minimum atomic E-state index is -0.460. The third kappa shape index (κ3) is 4.08. The number of carbonyl (C=O) groups is 1. The van der Waals surface area contributed by atoms with E-state index in [1.807, 2.05) is 37.3 Å². The molecule has 0 saturated carbocycles. The molecule has 30 heavy (non-hydrogen) atoms. The quantitative estimate of drug-likeness (QED) is 0.413. The number of rotatable bonds is 7. The van der Waals surface area contributed by atoms with E-state index in [0.29, 0.717) is 17.0 Å². The molecule has 3 heterocycles. The average Bonchev–Trinajstić information content (AvgIpc) is 3.45. The standard InChI is InChI=1S/C20H18N4O5S/c1-12-11-30-20(26)24(12)9-8-16(25)27-10-15-21-22-19(28-15)17-13(2)29-23-18(17)14-6-4-3-5-7-14/h3-7,11H,8-10H2,1-2H3. The number of ether oxygens (including phenoxy) is 1. The fourth-order valence-corrected chi connectivity index (χ4v) is 3.68. The Labute approximate surface area is 174 Å². The second-order valence-corrected chi connectivity index (χ2v) is 7.36. The Morgan fingerprint density at radius 2 is 2.00 bits per heavy atom. The second kappa shape index (κ2) is 8.46. The van der Waals surface area contributed by atoms with Crippen LogP contribution in [0.5, 0.6) is 0 Å². The van der Waals surface area contributed by atoms with E-state index < -0.39 is 5.97 Å². The molecule has 154 valence electrons. The highest BCUT2D eigenvalue weighted by Gasteiger charge is 2.22. The molecule has 0 aliphatic heterocycles. The van der Waals surface area contributed by atoms with Crippen LogP contribution in [0.1, 0.15) is 23.8 Å². The maximum absolute atomic E-state index is 12.0. The highest BCUT2D eigenvalue weighted by atomic mass is 32.1. The van der Waals surface area contributed by atoms with Crippen LogP contribution in [-0.4, -0.2) is 25.9 Å². The summed E-state index contributed by atoms with van der Waals surface area (Å²) in [6.45, 7) is 3.68. The van der Waals surface area contributed by atoms with Gasteiger partial charge in [-0.3, -0.25) is 9.59 Å². The van der Waals surface area contributed by atoms with Gasteiger partial charge in [0.25, 0.3) is 11.8 Å². The highest BCUT2D eigenvalue weighted by molar-refractivity contribution is 7.07. The van der Waals surface area contributed by atoms with Crippen molar-refractivity contribution in [2.75, 3.05) is 0 Å². The molecule has 4 aromatic rings. The first-order valence-electron chi connectivity index (χ1n) is 9.18. The number of esters is 1. The zero-order valence-corrected chi connectivity index (χ0v) is 17.1. The number of benzene rings is 1. The topological polar surface area (TPSA) is 113 Å². The van der Waals surface area contributed by atoms with Crippen LogP contribution in [0.3, 0.4) is 0 Å². The lowest BCUT2D eigenvalue weighted by Gasteiger charge is -2.04. The molecule has 0 unspecified atom stereocenters. The van der Waals surface area contributed by atoms with Gasteiger partial charge in [0.15, 0.2) is 6.61 Å². The monoisotopic (exact) mass is 426 g/mol. The fourth-order valence-electron chi connectivity index (χ4n) is 2.92. The normalized spacial score (nSPS) is 11.0. The second-order valence-electron chi connectivity index (χ2n) is 6.53. The van der Waals surface area contributed by atoms with Crippen molar-refractivity contribution in [3.8, 4) is 22.7 Å². The number of thiazole rings is 1. The van der Waals surface area contributed by atoms with Gasteiger partial charge in [0.1, 0.15) is 17.0 Å². The molecule has 0 atom stereocenters. The molecule has 0 bridgehead atoms. The lowest BCUT2D eigenvalue weighted by molar-refractivity contribution is -0.145. The van der Waals surface area contributed by atoms with Crippen molar-refractivity contribution in [2.24, 2.45) is 0 Å². The molecule has 0 fully saturated rings. The molecule has 9 nitrogen and oxygen atoms in total. The fraction of sp³-hybridized carbons (Fsp3) is 0.250. The van der Waals surface area contributed by atoms with E-state index in [-0.39, 0.29) is 36.2 Å². The molecule has 0 radical (unpaired) electrons. The molecular weight excluding hydrogens is 408 g/mol. The van der Waals surface area contributed by atoms with Crippen molar-refractivity contribution in [1.82, 2.24) is 19.9 Å².